The summed E-state index contributed by atoms with van der Waals surface area (Å²) in [6.07, 6.45) is 2.82. The van der Waals surface area contributed by atoms with Crippen molar-refractivity contribution in [2.24, 2.45) is 0 Å². The van der Waals surface area contributed by atoms with Crippen LogP contribution in [0.1, 0.15) is 36.2 Å². The van der Waals surface area contributed by atoms with Gasteiger partial charge in [-0.3, -0.25) is 0 Å². The number of amides is 2. The molecule has 5 nitrogen and oxygen atoms in total. The van der Waals surface area contributed by atoms with E-state index >= 15 is 0 Å². The molecule has 1 unspecified atom stereocenters. The monoisotopic (exact) mass is 423 g/mol. The van der Waals surface area contributed by atoms with Crippen molar-refractivity contribution < 1.29 is 9.53 Å². The Bertz CT molecular complexity index is 1020. The summed E-state index contributed by atoms with van der Waals surface area (Å²) in [6.45, 7) is 4.34. The third kappa shape index (κ3) is 4.09. The number of rotatable bonds is 6. The SMILES string of the molecule is CCOCCCNC(=O)N1Cc2ccccc2-n2cccc2C1c1ccccc1Cl. The number of carbonyl (C=O) groups excluding carboxylic acids is 1. The van der Waals surface area contributed by atoms with E-state index in [4.69, 9.17) is 16.3 Å². The first kappa shape index (κ1) is 20.5. The lowest BCUT2D eigenvalue weighted by atomic mass is 10.0. The first-order valence-corrected chi connectivity index (χ1v) is 10.7. The zero-order valence-electron chi connectivity index (χ0n) is 17.1. The van der Waals surface area contributed by atoms with E-state index in [0.717, 1.165) is 28.9 Å². The van der Waals surface area contributed by atoms with Gasteiger partial charge in [0.05, 0.1) is 17.9 Å². The number of aromatic nitrogens is 1. The van der Waals surface area contributed by atoms with Crippen LogP contribution >= 0.6 is 11.6 Å². The lowest BCUT2D eigenvalue weighted by molar-refractivity contribution is 0.143. The molecule has 1 atom stereocenters. The van der Waals surface area contributed by atoms with Crippen LogP contribution in [-0.4, -0.2) is 35.3 Å². The standard InChI is InChI=1S/C24H26ClN3O2/c1-2-30-16-8-14-26-24(29)28-17-18-9-3-6-12-21(18)27-15-7-13-22(27)23(28)19-10-4-5-11-20(19)25/h3-7,9-13,15,23H,2,8,14,16-17H2,1H3,(H,26,29). The van der Waals surface area contributed by atoms with Gasteiger partial charge in [-0.05, 0) is 48.7 Å². The van der Waals surface area contributed by atoms with Crippen molar-refractivity contribution in [3.8, 4) is 5.69 Å². The Hall–Kier alpha value is -2.76. The molecule has 0 spiro atoms. The fraction of sp³-hybridized carbons (Fsp3) is 0.292. The highest BCUT2D eigenvalue weighted by atomic mass is 35.5. The molecule has 2 heterocycles. The minimum atomic E-state index is -0.298. The maximum absolute atomic E-state index is 13.3. The number of carbonyl (C=O) groups is 1. The third-order valence-electron chi connectivity index (χ3n) is 5.37. The molecule has 1 N–H and O–H groups in total. The van der Waals surface area contributed by atoms with Crippen LogP contribution in [-0.2, 0) is 11.3 Å². The minimum absolute atomic E-state index is 0.110. The fourth-order valence-corrected chi connectivity index (χ4v) is 4.22. The number of fused-ring (bicyclic) bond motifs is 3. The molecule has 2 aromatic carbocycles. The topological polar surface area (TPSA) is 46.5 Å². The highest BCUT2D eigenvalue weighted by Gasteiger charge is 2.33. The molecule has 1 aliphatic rings. The molecule has 0 bridgehead atoms. The number of hydrogen-bond donors (Lipinski definition) is 1. The van der Waals surface area contributed by atoms with E-state index in [-0.39, 0.29) is 12.1 Å². The van der Waals surface area contributed by atoms with Gasteiger partial charge in [-0.15, -0.1) is 0 Å². The van der Waals surface area contributed by atoms with Crippen LogP contribution in [0.4, 0.5) is 4.79 Å². The van der Waals surface area contributed by atoms with E-state index in [0.29, 0.717) is 31.3 Å². The summed E-state index contributed by atoms with van der Waals surface area (Å²) in [7, 11) is 0. The summed E-state index contributed by atoms with van der Waals surface area (Å²) in [5.74, 6) is 0. The minimum Gasteiger partial charge on any atom is -0.382 e. The molecule has 3 aromatic rings. The second-order valence-electron chi connectivity index (χ2n) is 7.27. The van der Waals surface area contributed by atoms with Crippen molar-refractivity contribution in [2.45, 2.75) is 25.9 Å². The second-order valence-corrected chi connectivity index (χ2v) is 7.67. The van der Waals surface area contributed by atoms with Crippen LogP contribution in [0.15, 0.2) is 66.9 Å². The molecular weight excluding hydrogens is 398 g/mol. The van der Waals surface area contributed by atoms with Crippen molar-refractivity contribution in [1.29, 1.82) is 0 Å². The number of nitrogens with one attached hydrogen (secondary N) is 1. The Balaban J connectivity index is 1.73. The molecule has 4 rings (SSSR count). The number of urea groups is 1. The van der Waals surface area contributed by atoms with Gasteiger partial charge in [0.15, 0.2) is 0 Å². The van der Waals surface area contributed by atoms with Crippen LogP contribution in [0.5, 0.6) is 0 Å². The number of para-hydroxylation sites is 1. The number of halogens is 1. The predicted molar refractivity (Wildman–Crippen MR) is 119 cm³/mol. The third-order valence-corrected chi connectivity index (χ3v) is 5.71. The van der Waals surface area contributed by atoms with E-state index in [1.54, 1.807) is 0 Å². The zero-order valence-corrected chi connectivity index (χ0v) is 17.8. The van der Waals surface area contributed by atoms with Gasteiger partial charge in [0.2, 0.25) is 0 Å². The number of nitrogens with zero attached hydrogens (tertiary/aromatic N) is 2. The van der Waals surface area contributed by atoms with Gasteiger partial charge in [-0.25, -0.2) is 4.79 Å². The summed E-state index contributed by atoms with van der Waals surface area (Å²) >= 11 is 6.60. The number of hydrogen-bond acceptors (Lipinski definition) is 2. The van der Waals surface area contributed by atoms with Crippen LogP contribution < -0.4 is 5.32 Å². The first-order chi connectivity index (χ1) is 14.7. The van der Waals surface area contributed by atoms with Crippen LogP contribution in [0.2, 0.25) is 5.02 Å². The van der Waals surface area contributed by atoms with Crippen molar-refractivity contribution in [1.82, 2.24) is 14.8 Å². The van der Waals surface area contributed by atoms with Crippen LogP contribution in [0.25, 0.3) is 5.69 Å². The number of benzene rings is 2. The molecule has 0 fully saturated rings. The molecular formula is C24H26ClN3O2. The van der Waals surface area contributed by atoms with Gasteiger partial charge in [0, 0.05) is 31.0 Å². The summed E-state index contributed by atoms with van der Waals surface area (Å²) in [5.41, 5.74) is 4.10. The van der Waals surface area contributed by atoms with E-state index in [1.807, 2.05) is 60.5 Å². The number of ether oxygens (including phenoxy) is 1. The Morgan fingerprint density at radius 2 is 1.93 bits per heavy atom. The van der Waals surface area contributed by atoms with Gasteiger partial charge in [0.25, 0.3) is 0 Å². The van der Waals surface area contributed by atoms with Crippen molar-refractivity contribution >= 4 is 17.6 Å². The van der Waals surface area contributed by atoms with E-state index in [9.17, 15) is 4.79 Å². The first-order valence-electron chi connectivity index (χ1n) is 10.3. The Labute approximate surface area is 182 Å². The van der Waals surface area contributed by atoms with Crippen LogP contribution in [0, 0.1) is 0 Å². The Kier molecular flexibility index (Phi) is 6.41. The summed E-state index contributed by atoms with van der Waals surface area (Å²) < 4.78 is 7.54. The fourth-order valence-electron chi connectivity index (χ4n) is 3.98. The van der Waals surface area contributed by atoms with Gasteiger partial charge >= 0.3 is 6.03 Å². The molecule has 6 heteroatoms. The van der Waals surface area contributed by atoms with Gasteiger partial charge in [-0.1, -0.05) is 48.0 Å². The lowest BCUT2D eigenvalue weighted by Crippen LogP contribution is -2.42. The quantitative estimate of drug-likeness (QED) is 0.556. The van der Waals surface area contributed by atoms with Crippen molar-refractivity contribution in [3.63, 3.8) is 0 Å². The second kappa shape index (κ2) is 9.37. The summed E-state index contributed by atoms with van der Waals surface area (Å²) in [6, 6.07) is 19.6. The molecule has 2 amide bonds. The lowest BCUT2D eigenvalue weighted by Gasteiger charge is -2.31. The predicted octanol–water partition coefficient (Wildman–Crippen LogP) is 5.17. The van der Waals surface area contributed by atoms with Gasteiger partial charge in [-0.2, -0.15) is 0 Å². The van der Waals surface area contributed by atoms with E-state index in [2.05, 4.69) is 28.1 Å². The Morgan fingerprint density at radius 1 is 1.13 bits per heavy atom. The average molecular weight is 424 g/mol. The molecule has 0 aliphatic carbocycles. The smallest absolute Gasteiger partial charge is 0.318 e. The molecule has 30 heavy (non-hydrogen) atoms. The molecule has 0 radical (unpaired) electrons. The summed E-state index contributed by atoms with van der Waals surface area (Å²) in [5, 5.41) is 3.72. The maximum Gasteiger partial charge on any atom is 0.318 e. The van der Waals surface area contributed by atoms with Crippen molar-refractivity contribution in [2.75, 3.05) is 19.8 Å². The molecule has 1 aliphatic heterocycles. The normalized spacial score (nSPS) is 15.3. The molecule has 0 saturated heterocycles. The molecule has 0 saturated carbocycles. The van der Waals surface area contributed by atoms with Gasteiger partial charge in [0.1, 0.15) is 6.04 Å². The summed E-state index contributed by atoms with van der Waals surface area (Å²) in [4.78, 5) is 15.2. The maximum atomic E-state index is 13.3. The Morgan fingerprint density at radius 3 is 2.77 bits per heavy atom. The largest absolute Gasteiger partial charge is 0.382 e. The average Bonchev–Trinajstić information content (AvgIpc) is 3.19. The highest BCUT2D eigenvalue weighted by molar-refractivity contribution is 6.31. The van der Waals surface area contributed by atoms with Crippen molar-refractivity contribution in [3.05, 3.63) is 88.7 Å². The van der Waals surface area contributed by atoms with Crippen LogP contribution in [0.3, 0.4) is 0 Å². The van der Waals surface area contributed by atoms with E-state index < -0.39 is 0 Å². The van der Waals surface area contributed by atoms with E-state index in [1.165, 1.54) is 0 Å². The zero-order chi connectivity index (χ0) is 20.9. The molecule has 1 aromatic heterocycles. The molecule has 156 valence electrons. The van der Waals surface area contributed by atoms with Gasteiger partial charge < -0.3 is 19.5 Å². The highest BCUT2D eigenvalue weighted by Crippen LogP contribution is 2.38.